The van der Waals surface area contributed by atoms with Gasteiger partial charge in [0, 0.05) is 29.1 Å². The van der Waals surface area contributed by atoms with Crippen LogP contribution in [-0.4, -0.2) is 4.98 Å². The van der Waals surface area contributed by atoms with Crippen LogP contribution in [-0.2, 0) is 11.0 Å². The van der Waals surface area contributed by atoms with E-state index in [-0.39, 0.29) is 16.4 Å². The van der Waals surface area contributed by atoms with Gasteiger partial charge in [-0.1, -0.05) is 45.9 Å². The number of para-hydroxylation sites is 1. The fraction of sp³-hybridized carbons (Fsp3) is 0.500. The molecule has 2 aliphatic rings. The Bertz CT molecular complexity index is 834. The highest BCUT2D eigenvalue weighted by Gasteiger charge is 2.63. The van der Waals surface area contributed by atoms with Gasteiger partial charge in [-0.2, -0.15) is 0 Å². The monoisotopic (exact) mass is 320 g/mol. The van der Waals surface area contributed by atoms with Gasteiger partial charge in [-0.25, -0.2) is 0 Å². The van der Waals surface area contributed by atoms with Crippen LogP contribution < -0.4 is 4.90 Å². The van der Waals surface area contributed by atoms with Crippen LogP contribution in [0.3, 0.4) is 0 Å². The Balaban J connectivity index is 2.15. The number of fused-ring (bicyclic) bond motifs is 5. The first kappa shape index (κ1) is 15.7. The van der Waals surface area contributed by atoms with E-state index in [1.807, 2.05) is 6.20 Å². The normalized spacial score (nSPS) is 29.0. The Labute approximate surface area is 145 Å². The molecule has 4 rings (SSSR count). The van der Waals surface area contributed by atoms with Crippen LogP contribution in [0, 0.1) is 12.3 Å². The molecule has 126 valence electrons. The van der Waals surface area contributed by atoms with E-state index in [0.717, 1.165) is 0 Å². The Morgan fingerprint density at radius 2 is 1.71 bits per heavy atom. The van der Waals surface area contributed by atoms with E-state index >= 15 is 0 Å². The largest absolute Gasteiger partial charge is 0.354 e. The van der Waals surface area contributed by atoms with E-state index in [9.17, 15) is 0 Å². The lowest BCUT2D eigenvalue weighted by molar-refractivity contribution is 0.0650. The molecule has 24 heavy (non-hydrogen) atoms. The lowest BCUT2D eigenvalue weighted by Gasteiger charge is -2.62. The van der Waals surface area contributed by atoms with Crippen LogP contribution in [0.25, 0.3) is 0 Å². The molecule has 0 fully saturated rings. The summed E-state index contributed by atoms with van der Waals surface area (Å²) in [6.45, 7) is 16.7. The third-order valence-electron chi connectivity index (χ3n) is 7.63. The van der Waals surface area contributed by atoms with Crippen molar-refractivity contribution in [2.45, 2.75) is 65.5 Å². The van der Waals surface area contributed by atoms with Gasteiger partial charge in [0.2, 0.25) is 0 Å². The maximum absolute atomic E-state index is 4.49. The van der Waals surface area contributed by atoms with E-state index in [1.54, 1.807) is 0 Å². The number of hydrogen-bond donors (Lipinski definition) is 0. The molecular weight excluding hydrogens is 292 g/mol. The second kappa shape index (κ2) is 4.41. The topological polar surface area (TPSA) is 16.1 Å². The van der Waals surface area contributed by atoms with Crippen molar-refractivity contribution in [3.8, 4) is 0 Å². The van der Waals surface area contributed by atoms with Gasteiger partial charge < -0.3 is 4.90 Å². The van der Waals surface area contributed by atoms with Crippen molar-refractivity contribution in [2.24, 2.45) is 5.41 Å². The number of anilines is 1. The first-order valence-electron chi connectivity index (χ1n) is 8.99. The molecule has 2 aliphatic heterocycles. The maximum atomic E-state index is 4.49. The summed E-state index contributed by atoms with van der Waals surface area (Å²) in [6.07, 6.45) is 4.04. The highest BCUT2D eigenvalue weighted by Crippen LogP contribution is 2.67. The highest BCUT2D eigenvalue weighted by atomic mass is 15.3. The smallest absolute Gasteiger partial charge is 0.0709 e. The summed E-state index contributed by atoms with van der Waals surface area (Å²) >= 11 is 0. The number of aromatic nitrogens is 1. The minimum absolute atomic E-state index is 0.0589. The van der Waals surface area contributed by atoms with Gasteiger partial charge in [0.15, 0.2) is 0 Å². The van der Waals surface area contributed by atoms with Gasteiger partial charge in [-0.15, -0.1) is 0 Å². The first-order chi connectivity index (χ1) is 11.2. The van der Waals surface area contributed by atoms with E-state index in [0.29, 0.717) is 6.04 Å². The zero-order valence-corrected chi connectivity index (χ0v) is 15.9. The predicted molar refractivity (Wildman–Crippen MR) is 100 cm³/mol. The summed E-state index contributed by atoms with van der Waals surface area (Å²) < 4.78 is 0. The summed E-state index contributed by atoms with van der Waals surface area (Å²) in [5.41, 5.74) is 7.14. The zero-order valence-electron chi connectivity index (χ0n) is 15.9. The average molecular weight is 320 g/mol. The predicted octanol–water partition coefficient (Wildman–Crippen LogP) is 5.50. The molecule has 0 amide bonds. The summed E-state index contributed by atoms with van der Waals surface area (Å²) in [6, 6.07) is 9.37. The molecule has 0 spiro atoms. The lowest BCUT2D eigenvalue weighted by Crippen LogP contribution is -2.62. The molecule has 2 heteroatoms. The number of aryl methyl sites for hydroxylation is 1. The maximum Gasteiger partial charge on any atom is 0.0709 e. The van der Waals surface area contributed by atoms with E-state index < -0.39 is 0 Å². The second-order valence-electron chi connectivity index (χ2n) is 8.80. The van der Waals surface area contributed by atoms with Gasteiger partial charge in [0.1, 0.15) is 0 Å². The molecule has 0 aliphatic carbocycles. The third kappa shape index (κ3) is 1.46. The fourth-order valence-corrected chi connectivity index (χ4v) is 5.32. The molecule has 1 aromatic heterocycles. The van der Waals surface area contributed by atoms with Crippen LogP contribution in [0.15, 0.2) is 36.7 Å². The van der Waals surface area contributed by atoms with Crippen LogP contribution in [0.1, 0.15) is 69.8 Å². The van der Waals surface area contributed by atoms with Crippen molar-refractivity contribution in [2.75, 3.05) is 4.90 Å². The zero-order chi connectivity index (χ0) is 17.5. The van der Waals surface area contributed by atoms with Crippen molar-refractivity contribution >= 4 is 5.69 Å². The van der Waals surface area contributed by atoms with Crippen molar-refractivity contribution in [3.05, 3.63) is 58.9 Å². The van der Waals surface area contributed by atoms with Gasteiger partial charge in [0.05, 0.1) is 11.6 Å². The van der Waals surface area contributed by atoms with Crippen molar-refractivity contribution in [1.29, 1.82) is 0 Å². The number of hydrogen-bond acceptors (Lipinski definition) is 2. The molecule has 0 N–H and O–H groups in total. The SMILES string of the molecule is Cc1cccc2c1N1C(C)c3ccncc3C1(C)C(C)(C)C2(C)C. The van der Waals surface area contributed by atoms with Crippen LogP contribution in [0.4, 0.5) is 5.69 Å². The van der Waals surface area contributed by atoms with Gasteiger partial charge in [0.25, 0.3) is 0 Å². The molecule has 2 atom stereocenters. The number of pyridine rings is 1. The summed E-state index contributed by atoms with van der Waals surface area (Å²) in [5, 5.41) is 0. The summed E-state index contributed by atoms with van der Waals surface area (Å²) in [7, 11) is 0. The first-order valence-corrected chi connectivity index (χ1v) is 8.99. The highest BCUT2D eigenvalue weighted by molar-refractivity contribution is 5.72. The standard InChI is InChI=1S/C22H28N2/c1-14-9-8-10-17-19(14)24-15(2)16-11-12-23-13-18(16)22(24,7)21(5,6)20(17,3)4/h8-13,15H,1-7H3. The van der Waals surface area contributed by atoms with E-state index in [1.165, 1.54) is 27.9 Å². The Morgan fingerprint density at radius 1 is 1.00 bits per heavy atom. The minimum Gasteiger partial charge on any atom is -0.354 e. The van der Waals surface area contributed by atoms with Gasteiger partial charge >= 0.3 is 0 Å². The lowest BCUT2D eigenvalue weighted by atomic mass is 9.51. The second-order valence-corrected chi connectivity index (χ2v) is 8.80. The molecule has 0 saturated carbocycles. The van der Waals surface area contributed by atoms with Crippen molar-refractivity contribution in [3.63, 3.8) is 0 Å². The summed E-state index contributed by atoms with van der Waals surface area (Å²) in [4.78, 5) is 7.17. The molecule has 1 aromatic carbocycles. The van der Waals surface area contributed by atoms with Crippen LogP contribution in [0.5, 0.6) is 0 Å². The van der Waals surface area contributed by atoms with Crippen LogP contribution in [0.2, 0.25) is 0 Å². The fourth-order valence-electron chi connectivity index (χ4n) is 5.32. The molecule has 2 nitrogen and oxygen atoms in total. The van der Waals surface area contributed by atoms with E-state index in [4.69, 9.17) is 0 Å². The number of benzene rings is 1. The molecule has 0 bridgehead atoms. The Kier molecular flexibility index (Phi) is 2.88. The summed E-state index contributed by atoms with van der Waals surface area (Å²) in [5.74, 6) is 0. The van der Waals surface area contributed by atoms with Crippen molar-refractivity contribution in [1.82, 2.24) is 4.98 Å². The van der Waals surface area contributed by atoms with Gasteiger partial charge in [-0.3, -0.25) is 4.98 Å². The number of nitrogens with zero attached hydrogens (tertiary/aromatic N) is 2. The Hall–Kier alpha value is -1.83. The molecule has 0 saturated heterocycles. The molecule has 3 heterocycles. The van der Waals surface area contributed by atoms with Crippen molar-refractivity contribution < 1.29 is 0 Å². The molecular formula is C22H28N2. The van der Waals surface area contributed by atoms with Gasteiger partial charge in [-0.05, 0) is 48.9 Å². The number of rotatable bonds is 0. The molecule has 0 radical (unpaired) electrons. The molecule has 2 unspecified atom stereocenters. The quantitative estimate of drug-likeness (QED) is 0.637. The van der Waals surface area contributed by atoms with Crippen LogP contribution >= 0.6 is 0 Å². The molecule has 2 aromatic rings. The Morgan fingerprint density at radius 3 is 2.42 bits per heavy atom. The van der Waals surface area contributed by atoms with E-state index in [2.05, 4.69) is 88.8 Å². The third-order valence-corrected chi connectivity index (χ3v) is 7.63. The average Bonchev–Trinajstić information content (AvgIpc) is 2.77. The minimum atomic E-state index is -0.0708.